The van der Waals surface area contributed by atoms with Gasteiger partial charge in [-0.15, -0.1) is 0 Å². The van der Waals surface area contributed by atoms with Crippen LogP contribution in [0.2, 0.25) is 0 Å². The van der Waals surface area contributed by atoms with Gasteiger partial charge in [-0.1, -0.05) is 17.4 Å². The molecule has 3 heterocycles. The number of esters is 1. The SMILES string of the molecule is CCOC(=O)C1=C(C)N=c2s/c(=C\c3cc(C)n(-c4ccc(F)cc4)c3C)c(=O)n2[C@H]1c1ccc(OC)c(OCC)c1. The topological polar surface area (TPSA) is 84.1 Å². The summed E-state index contributed by atoms with van der Waals surface area (Å²) in [5.41, 5.74) is 4.68. The van der Waals surface area contributed by atoms with Crippen molar-refractivity contribution < 1.29 is 23.4 Å². The molecule has 0 unspecified atom stereocenters. The molecule has 8 nitrogen and oxygen atoms in total. The van der Waals surface area contributed by atoms with Gasteiger partial charge in [0.05, 0.1) is 42.2 Å². The fraction of sp³-hybridized carbons (Fsp3) is 0.281. The summed E-state index contributed by atoms with van der Waals surface area (Å²) in [7, 11) is 1.56. The summed E-state index contributed by atoms with van der Waals surface area (Å²) in [5, 5.41) is 0. The number of aryl methyl sites for hydroxylation is 1. The molecule has 42 heavy (non-hydrogen) atoms. The first-order valence-corrected chi connectivity index (χ1v) is 14.4. The van der Waals surface area contributed by atoms with Gasteiger partial charge in [-0.25, -0.2) is 14.2 Å². The minimum atomic E-state index is -0.779. The molecule has 0 saturated carbocycles. The number of carbonyl (C=O) groups excluding carboxylic acids is 1. The van der Waals surface area contributed by atoms with Gasteiger partial charge < -0.3 is 18.8 Å². The fourth-order valence-electron chi connectivity index (χ4n) is 5.30. The van der Waals surface area contributed by atoms with Crippen molar-refractivity contribution >= 4 is 23.4 Å². The zero-order valence-electron chi connectivity index (χ0n) is 24.4. The first-order chi connectivity index (χ1) is 20.2. The molecule has 10 heteroatoms. The fourth-order valence-corrected chi connectivity index (χ4v) is 6.34. The molecule has 0 amide bonds. The van der Waals surface area contributed by atoms with E-state index in [2.05, 4.69) is 4.99 Å². The normalized spacial score (nSPS) is 14.9. The van der Waals surface area contributed by atoms with Crippen LogP contribution in [-0.4, -0.2) is 35.4 Å². The highest BCUT2D eigenvalue weighted by atomic mass is 32.1. The summed E-state index contributed by atoms with van der Waals surface area (Å²) < 4.78 is 34.2. The number of hydrogen-bond acceptors (Lipinski definition) is 7. The van der Waals surface area contributed by atoms with E-state index in [0.29, 0.717) is 38.7 Å². The molecule has 4 aromatic rings. The van der Waals surface area contributed by atoms with Crippen LogP contribution in [0, 0.1) is 19.7 Å². The number of rotatable bonds is 8. The quantitative estimate of drug-likeness (QED) is 0.277. The summed E-state index contributed by atoms with van der Waals surface area (Å²) in [4.78, 5) is 32.5. The molecule has 0 fully saturated rings. The Kier molecular flexibility index (Phi) is 8.17. The highest BCUT2D eigenvalue weighted by molar-refractivity contribution is 7.07. The number of methoxy groups -OCH3 is 1. The average molecular weight is 590 g/mol. The summed E-state index contributed by atoms with van der Waals surface area (Å²) in [6.07, 6.45) is 1.84. The lowest BCUT2D eigenvalue weighted by Gasteiger charge is -2.25. The van der Waals surface area contributed by atoms with Crippen molar-refractivity contribution in [3.05, 3.63) is 108 Å². The van der Waals surface area contributed by atoms with E-state index in [1.54, 1.807) is 49.8 Å². The van der Waals surface area contributed by atoms with E-state index in [-0.39, 0.29) is 23.6 Å². The van der Waals surface area contributed by atoms with E-state index in [1.807, 2.05) is 43.5 Å². The predicted octanol–water partition coefficient (Wildman–Crippen LogP) is 4.75. The summed E-state index contributed by atoms with van der Waals surface area (Å²) in [6, 6.07) is 12.9. The van der Waals surface area contributed by atoms with Gasteiger partial charge in [0.15, 0.2) is 16.3 Å². The number of hydrogen-bond donors (Lipinski definition) is 0. The minimum Gasteiger partial charge on any atom is -0.493 e. The van der Waals surface area contributed by atoms with Gasteiger partial charge in [0.2, 0.25) is 0 Å². The van der Waals surface area contributed by atoms with Crippen molar-refractivity contribution in [3.8, 4) is 17.2 Å². The Morgan fingerprint density at radius 3 is 2.45 bits per heavy atom. The number of thiazole rings is 1. The Bertz CT molecular complexity index is 1880. The van der Waals surface area contributed by atoms with Crippen LogP contribution in [-0.2, 0) is 9.53 Å². The van der Waals surface area contributed by atoms with Crippen LogP contribution in [0.4, 0.5) is 4.39 Å². The molecule has 1 aliphatic heterocycles. The zero-order chi connectivity index (χ0) is 30.1. The number of benzene rings is 2. The number of halogens is 1. The summed E-state index contributed by atoms with van der Waals surface area (Å²) in [6.45, 7) is 9.88. The van der Waals surface area contributed by atoms with Gasteiger partial charge in [-0.05, 0) is 94.3 Å². The maximum atomic E-state index is 14.1. The monoisotopic (exact) mass is 589 g/mol. The third kappa shape index (κ3) is 5.18. The molecule has 1 atom stereocenters. The third-order valence-corrected chi connectivity index (χ3v) is 8.14. The maximum absolute atomic E-state index is 14.1. The van der Waals surface area contributed by atoms with Gasteiger partial charge in [-0.3, -0.25) is 9.36 Å². The number of nitrogens with zero attached hydrogens (tertiary/aromatic N) is 3. The smallest absolute Gasteiger partial charge is 0.338 e. The average Bonchev–Trinajstić information content (AvgIpc) is 3.42. The lowest BCUT2D eigenvalue weighted by Crippen LogP contribution is -2.40. The minimum absolute atomic E-state index is 0.184. The van der Waals surface area contributed by atoms with E-state index in [4.69, 9.17) is 14.2 Å². The Labute approximate surface area is 246 Å². The molecule has 2 aromatic heterocycles. The molecule has 0 radical (unpaired) electrons. The number of carbonyl (C=O) groups is 1. The van der Waals surface area contributed by atoms with E-state index < -0.39 is 12.0 Å². The van der Waals surface area contributed by atoms with Crippen LogP contribution >= 0.6 is 11.3 Å². The van der Waals surface area contributed by atoms with Crippen LogP contribution in [0.15, 0.2) is 69.6 Å². The summed E-state index contributed by atoms with van der Waals surface area (Å²) in [5.74, 6) is 0.211. The number of allylic oxidation sites excluding steroid dienone is 1. The molecular formula is C32H32FN3O5S. The molecule has 5 rings (SSSR count). The number of fused-ring (bicyclic) bond motifs is 1. The van der Waals surface area contributed by atoms with E-state index in [1.165, 1.54) is 23.5 Å². The Balaban J connectivity index is 1.70. The van der Waals surface area contributed by atoms with Crippen LogP contribution in [0.1, 0.15) is 49.3 Å². The van der Waals surface area contributed by atoms with Crippen molar-refractivity contribution in [3.63, 3.8) is 0 Å². The molecule has 218 valence electrons. The van der Waals surface area contributed by atoms with E-state index in [9.17, 15) is 14.0 Å². The van der Waals surface area contributed by atoms with Gasteiger partial charge >= 0.3 is 5.97 Å². The second kappa shape index (κ2) is 11.8. The Morgan fingerprint density at radius 2 is 1.79 bits per heavy atom. The van der Waals surface area contributed by atoms with Crippen LogP contribution < -0.4 is 24.4 Å². The number of aromatic nitrogens is 2. The third-order valence-electron chi connectivity index (χ3n) is 7.16. The van der Waals surface area contributed by atoms with Crippen molar-refractivity contribution in [2.75, 3.05) is 20.3 Å². The molecule has 0 bridgehead atoms. The largest absolute Gasteiger partial charge is 0.493 e. The van der Waals surface area contributed by atoms with E-state index in [0.717, 1.165) is 22.6 Å². The molecule has 1 aliphatic rings. The van der Waals surface area contributed by atoms with Crippen LogP contribution in [0.3, 0.4) is 0 Å². The molecule has 0 N–H and O–H groups in total. The molecule has 0 saturated heterocycles. The second-order valence-corrected chi connectivity index (χ2v) is 10.8. The lowest BCUT2D eigenvalue weighted by molar-refractivity contribution is -0.139. The lowest BCUT2D eigenvalue weighted by atomic mass is 9.95. The maximum Gasteiger partial charge on any atom is 0.338 e. The summed E-state index contributed by atoms with van der Waals surface area (Å²) >= 11 is 1.26. The van der Waals surface area contributed by atoms with Crippen LogP contribution in [0.5, 0.6) is 11.5 Å². The van der Waals surface area contributed by atoms with E-state index >= 15 is 0 Å². The van der Waals surface area contributed by atoms with Crippen LogP contribution in [0.25, 0.3) is 11.8 Å². The van der Waals surface area contributed by atoms with Crippen molar-refractivity contribution in [2.24, 2.45) is 4.99 Å². The first kappa shape index (κ1) is 29.1. The van der Waals surface area contributed by atoms with Gasteiger partial charge in [0.1, 0.15) is 5.82 Å². The molecule has 0 aliphatic carbocycles. The second-order valence-electron chi connectivity index (χ2n) is 9.78. The molecule has 0 spiro atoms. The van der Waals surface area contributed by atoms with Gasteiger partial charge in [0.25, 0.3) is 5.56 Å². The highest BCUT2D eigenvalue weighted by Gasteiger charge is 2.34. The Morgan fingerprint density at radius 1 is 1.05 bits per heavy atom. The van der Waals surface area contributed by atoms with Gasteiger partial charge in [0, 0.05) is 17.1 Å². The highest BCUT2D eigenvalue weighted by Crippen LogP contribution is 2.36. The molecular weight excluding hydrogens is 557 g/mol. The first-order valence-electron chi connectivity index (χ1n) is 13.6. The van der Waals surface area contributed by atoms with Crippen molar-refractivity contribution in [1.82, 2.24) is 9.13 Å². The number of ether oxygens (including phenoxy) is 3. The van der Waals surface area contributed by atoms with Crippen molar-refractivity contribution in [1.29, 1.82) is 0 Å². The predicted molar refractivity (Wildman–Crippen MR) is 160 cm³/mol. The molecule has 2 aromatic carbocycles. The van der Waals surface area contributed by atoms with Gasteiger partial charge in [-0.2, -0.15) is 0 Å². The standard InChI is InChI=1S/C32H32FN3O5S/c1-7-40-26-16-21(9-14-25(26)39-6)29-28(31(38)41-8-2)19(4)34-32-36(29)30(37)27(42-32)17-22-15-18(3)35(20(22)5)24-12-10-23(33)11-13-24/h9-17,29H,7-8H2,1-6H3/b27-17-/t29-/m0/s1. The van der Waals surface area contributed by atoms with Crippen molar-refractivity contribution in [2.45, 2.75) is 40.7 Å². The zero-order valence-corrected chi connectivity index (χ0v) is 25.2. The Hall–Kier alpha value is -4.44.